The van der Waals surface area contributed by atoms with E-state index in [0.717, 1.165) is 43.7 Å². The predicted octanol–water partition coefficient (Wildman–Crippen LogP) is 2.86. The first-order valence-corrected chi connectivity index (χ1v) is 12.0. The summed E-state index contributed by atoms with van der Waals surface area (Å²) in [5.41, 5.74) is 0.308. The highest BCUT2D eigenvalue weighted by Crippen LogP contribution is 2.35. The van der Waals surface area contributed by atoms with Gasteiger partial charge in [-0.3, -0.25) is 4.90 Å². The highest BCUT2D eigenvalue weighted by atomic mass is 15.3. The van der Waals surface area contributed by atoms with E-state index in [1.54, 1.807) is 0 Å². The molecule has 7 heteroatoms. The fraction of sp³-hybridized carbons (Fsp3) is 0.864. The van der Waals surface area contributed by atoms with E-state index in [-0.39, 0.29) is 0 Å². The van der Waals surface area contributed by atoms with Gasteiger partial charge in [-0.15, -0.1) is 10.2 Å². The monoisotopic (exact) mass is 401 g/mol. The number of hydrogen-bond donors (Lipinski definition) is 2. The number of piperidine rings is 1. The number of likely N-dealkylation sites (tertiary alicyclic amines) is 1. The van der Waals surface area contributed by atoms with Gasteiger partial charge in [-0.25, -0.2) is 4.99 Å². The zero-order chi connectivity index (χ0) is 19.9. The van der Waals surface area contributed by atoms with Crippen molar-refractivity contribution in [1.29, 1.82) is 0 Å². The van der Waals surface area contributed by atoms with Crippen LogP contribution in [0.2, 0.25) is 0 Å². The lowest BCUT2D eigenvalue weighted by molar-refractivity contribution is 0.0368. The van der Waals surface area contributed by atoms with Crippen molar-refractivity contribution in [2.45, 2.75) is 96.2 Å². The summed E-state index contributed by atoms with van der Waals surface area (Å²) in [4.78, 5) is 7.67. The zero-order valence-corrected chi connectivity index (χ0v) is 18.3. The highest BCUT2D eigenvalue weighted by molar-refractivity contribution is 5.79. The molecule has 1 saturated heterocycles. The summed E-state index contributed by atoms with van der Waals surface area (Å²) in [7, 11) is 0. The minimum atomic E-state index is 0.308. The van der Waals surface area contributed by atoms with Crippen molar-refractivity contribution in [3.05, 3.63) is 11.6 Å². The van der Waals surface area contributed by atoms with Crippen LogP contribution in [-0.2, 0) is 19.5 Å². The minimum absolute atomic E-state index is 0.308. The third-order valence-electron chi connectivity index (χ3n) is 7.05. The van der Waals surface area contributed by atoms with Crippen molar-refractivity contribution in [3.63, 3.8) is 0 Å². The van der Waals surface area contributed by atoms with Gasteiger partial charge in [0, 0.05) is 31.6 Å². The van der Waals surface area contributed by atoms with Gasteiger partial charge in [0.2, 0.25) is 0 Å². The molecule has 1 aliphatic carbocycles. The maximum absolute atomic E-state index is 4.88. The number of aromatic nitrogens is 3. The zero-order valence-electron chi connectivity index (χ0n) is 18.3. The molecule has 0 radical (unpaired) electrons. The maximum atomic E-state index is 4.88. The number of fused-ring (bicyclic) bond motifs is 1. The molecular formula is C22H39N7. The van der Waals surface area contributed by atoms with Gasteiger partial charge in [-0.05, 0) is 58.5 Å². The minimum Gasteiger partial charge on any atom is -0.357 e. The molecular weight excluding hydrogens is 362 g/mol. The molecule has 7 nitrogen and oxygen atoms in total. The van der Waals surface area contributed by atoms with E-state index in [2.05, 4.69) is 37.2 Å². The molecule has 3 aliphatic rings. The molecule has 3 heterocycles. The van der Waals surface area contributed by atoms with E-state index in [4.69, 9.17) is 4.99 Å². The quantitative estimate of drug-likeness (QED) is 0.567. The summed E-state index contributed by atoms with van der Waals surface area (Å²) in [6.45, 7) is 8.17. The molecule has 1 saturated carbocycles. The summed E-state index contributed by atoms with van der Waals surface area (Å²) in [5.74, 6) is 3.05. The van der Waals surface area contributed by atoms with Gasteiger partial charge in [0.05, 0.1) is 0 Å². The van der Waals surface area contributed by atoms with E-state index in [1.807, 2.05) is 0 Å². The van der Waals surface area contributed by atoms with Crippen LogP contribution in [-0.4, -0.2) is 57.3 Å². The molecule has 0 aromatic carbocycles. The van der Waals surface area contributed by atoms with Gasteiger partial charge in [-0.1, -0.05) is 25.7 Å². The van der Waals surface area contributed by atoms with Crippen LogP contribution in [0.1, 0.15) is 82.8 Å². The van der Waals surface area contributed by atoms with Crippen molar-refractivity contribution in [2.75, 3.05) is 26.2 Å². The van der Waals surface area contributed by atoms with Crippen molar-refractivity contribution < 1.29 is 0 Å². The fourth-order valence-electron chi connectivity index (χ4n) is 5.41. The summed E-state index contributed by atoms with van der Waals surface area (Å²) < 4.78 is 2.27. The van der Waals surface area contributed by atoms with Crippen molar-refractivity contribution >= 4 is 5.96 Å². The van der Waals surface area contributed by atoms with E-state index in [0.29, 0.717) is 12.1 Å². The molecule has 0 spiro atoms. The second-order valence-electron chi connectivity index (χ2n) is 9.02. The molecule has 0 bridgehead atoms. The summed E-state index contributed by atoms with van der Waals surface area (Å²) >= 11 is 0. The molecule has 0 amide bonds. The van der Waals surface area contributed by atoms with E-state index in [9.17, 15) is 0 Å². The molecule has 29 heavy (non-hydrogen) atoms. The third-order valence-corrected chi connectivity index (χ3v) is 7.05. The third kappa shape index (κ3) is 4.93. The smallest absolute Gasteiger partial charge is 0.191 e. The first-order valence-electron chi connectivity index (χ1n) is 12.0. The molecule has 4 rings (SSSR count). The van der Waals surface area contributed by atoms with Gasteiger partial charge < -0.3 is 15.2 Å². The Bertz CT molecular complexity index is 669. The SMILES string of the molecule is CCNC(=NCc1nnc2n1CCCC2)NCC1(N2CCCCC2)CCCCC1. The largest absolute Gasteiger partial charge is 0.357 e. The number of aliphatic imine (C=N–C) groups is 1. The fourth-order valence-corrected chi connectivity index (χ4v) is 5.41. The number of nitrogens with zero attached hydrogens (tertiary/aromatic N) is 5. The average molecular weight is 402 g/mol. The lowest BCUT2D eigenvalue weighted by Gasteiger charge is -2.48. The molecule has 2 aliphatic heterocycles. The van der Waals surface area contributed by atoms with E-state index >= 15 is 0 Å². The van der Waals surface area contributed by atoms with Crippen molar-refractivity contribution in [2.24, 2.45) is 4.99 Å². The molecule has 0 atom stereocenters. The Morgan fingerprint density at radius 3 is 2.48 bits per heavy atom. The van der Waals surface area contributed by atoms with Gasteiger partial charge in [-0.2, -0.15) is 0 Å². The molecule has 162 valence electrons. The topological polar surface area (TPSA) is 70.4 Å². The van der Waals surface area contributed by atoms with Gasteiger partial charge in [0.1, 0.15) is 12.4 Å². The summed E-state index contributed by atoms with van der Waals surface area (Å²) in [6.07, 6.45) is 14.3. The molecule has 2 fully saturated rings. The van der Waals surface area contributed by atoms with Crippen molar-refractivity contribution in [3.8, 4) is 0 Å². The highest BCUT2D eigenvalue weighted by Gasteiger charge is 2.38. The van der Waals surface area contributed by atoms with Crippen molar-refractivity contribution in [1.82, 2.24) is 30.3 Å². The second-order valence-corrected chi connectivity index (χ2v) is 9.02. The van der Waals surface area contributed by atoms with Crippen LogP contribution >= 0.6 is 0 Å². The molecule has 0 unspecified atom stereocenters. The Morgan fingerprint density at radius 1 is 0.931 bits per heavy atom. The normalized spacial score (nSPS) is 22.9. The van der Waals surface area contributed by atoms with Crippen LogP contribution in [0.5, 0.6) is 0 Å². The van der Waals surface area contributed by atoms with Gasteiger partial charge >= 0.3 is 0 Å². The maximum Gasteiger partial charge on any atom is 0.191 e. The number of guanidine groups is 1. The Labute approximate surface area is 175 Å². The first-order chi connectivity index (χ1) is 14.3. The second kappa shape index (κ2) is 9.92. The molecule has 1 aromatic rings. The Morgan fingerprint density at radius 2 is 1.69 bits per heavy atom. The van der Waals surface area contributed by atoms with Crippen LogP contribution in [0.3, 0.4) is 0 Å². The Kier molecular flexibility index (Phi) is 7.06. The standard InChI is InChI=1S/C22H39N7/c1-2-23-21(24-17-20-27-26-19-11-5-10-16-29(19)20)25-18-22(12-6-3-7-13-22)28-14-8-4-9-15-28/h2-18H2,1H3,(H2,23,24,25). The van der Waals surface area contributed by atoms with Crippen LogP contribution in [0.4, 0.5) is 0 Å². The number of rotatable bonds is 6. The lowest BCUT2D eigenvalue weighted by atomic mass is 9.79. The molecule has 2 N–H and O–H groups in total. The van der Waals surface area contributed by atoms with Crippen LogP contribution in [0.25, 0.3) is 0 Å². The average Bonchev–Trinajstić information content (AvgIpc) is 3.20. The number of hydrogen-bond acceptors (Lipinski definition) is 4. The predicted molar refractivity (Wildman–Crippen MR) is 117 cm³/mol. The summed E-state index contributed by atoms with van der Waals surface area (Å²) in [6, 6.07) is 0. The van der Waals surface area contributed by atoms with Gasteiger partial charge in [0.25, 0.3) is 0 Å². The number of nitrogens with one attached hydrogen (secondary N) is 2. The van der Waals surface area contributed by atoms with E-state index in [1.165, 1.54) is 77.3 Å². The lowest BCUT2D eigenvalue weighted by Crippen LogP contribution is -2.59. The first kappa shape index (κ1) is 20.6. The van der Waals surface area contributed by atoms with Gasteiger partial charge in [0.15, 0.2) is 11.8 Å². The number of aryl methyl sites for hydroxylation is 1. The van der Waals surface area contributed by atoms with Crippen LogP contribution < -0.4 is 10.6 Å². The summed E-state index contributed by atoms with van der Waals surface area (Å²) in [5, 5.41) is 15.9. The van der Waals surface area contributed by atoms with Crippen LogP contribution in [0, 0.1) is 0 Å². The Hall–Kier alpha value is -1.63. The Balaban J connectivity index is 1.42. The molecule has 1 aromatic heterocycles. The van der Waals surface area contributed by atoms with Crippen LogP contribution in [0.15, 0.2) is 4.99 Å². The van der Waals surface area contributed by atoms with E-state index < -0.39 is 0 Å².